The van der Waals surface area contributed by atoms with Crippen molar-refractivity contribution in [1.82, 2.24) is 9.78 Å². The van der Waals surface area contributed by atoms with Gasteiger partial charge in [-0.3, -0.25) is 4.68 Å². The van der Waals surface area contributed by atoms with Crippen LogP contribution in [0.2, 0.25) is 0 Å². The Morgan fingerprint density at radius 3 is 2.93 bits per heavy atom. The third-order valence-electron chi connectivity index (χ3n) is 3.29. The molecular weight excluding hydrogens is 184 g/mol. The van der Waals surface area contributed by atoms with Crippen LogP contribution in [0.1, 0.15) is 25.0 Å². The highest BCUT2D eigenvalue weighted by molar-refractivity contribution is 5.81. The van der Waals surface area contributed by atoms with Crippen molar-refractivity contribution in [2.75, 3.05) is 0 Å². The predicted molar refractivity (Wildman–Crippen MR) is 61.8 cm³/mol. The summed E-state index contributed by atoms with van der Waals surface area (Å²) in [6, 6.07) is 8.51. The molecule has 0 saturated heterocycles. The Hall–Kier alpha value is -1.31. The van der Waals surface area contributed by atoms with Gasteiger partial charge in [-0.1, -0.05) is 31.0 Å². The number of para-hydroxylation sites is 1. The Morgan fingerprint density at radius 1 is 1.33 bits per heavy atom. The molecule has 1 aliphatic carbocycles. The highest BCUT2D eigenvalue weighted by Gasteiger charge is 2.21. The zero-order valence-electron chi connectivity index (χ0n) is 9.11. The van der Waals surface area contributed by atoms with Gasteiger partial charge in [-0.25, -0.2) is 0 Å². The number of aryl methyl sites for hydroxylation is 2. The summed E-state index contributed by atoms with van der Waals surface area (Å²) in [6.07, 6.45) is 4.15. The molecule has 2 nitrogen and oxygen atoms in total. The zero-order chi connectivity index (χ0) is 10.3. The smallest absolute Gasteiger partial charge is 0.0685 e. The van der Waals surface area contributed by atoms with Crippen LogP contribution in [0.4, 0.5) is 0 Å². The summed E-state index contributed by atoms with van der Waals surface area (Å²) < 4.78 is 2.17. The third kappa shape index (κ3) is 1.65. The number of nitrogens with zero attached hydrogens (tertiary/aromatic N) is 2. The summed E-state index contributed by atoms with van der Waals surface area (Å²) >= 11 is 0. The van der Waals surface area contributed by atoms with Gasteiger partial charge in [0.1, 0.15) is 0 Å². The number of fused-ring (bicyclic) bond motifs is 1. The lowest BCUT2D eigenvalue weighted by atomic mass is 10.2. The molecule has 0 atom stereocenters. The van der Waals surface area contributed by atoms with Crippen molar-refractivity contribution in [3.8, 4) is 0 Å². The molecule has 15 heavy (non-hydrogen) atoms. The van der Waals surface area contributed by atoms with Crippen LogP contribution < -0.4 is 0 Å². The second-order valence-corrected chi connectivity index (χ2v) is 4.56. The summed E-state index contributed by atoms with van der Waals surface area (Å²) in [5.41, 5.74) is 2.44. The lowest BCUT2D eigenvalue weighted by molar-refractivity contribution is 0.558. The molecule has 78 valence electrons. The molecule has 2 aromatic rings. The van der Waals surface area contributed by atoms with Crippen LogP contribution in [0.15, 0.2) is 24.3 Å². The van der Waals surface area contributed by atoms with Gasteiger partial charge in [0, 0.05) is 11.9 Å². The van der Waals surface area contributed by atoms with E-state index in [9.17, 15) is 0 Å². The van der Waals surface area contributed by atoms with E-state index in [1.54, 1.807) is 0 Å². The maximum absolute atomic E-state index is 4.61. The van der Waals surface area contributed by atoms with Crippen LogP contribution in [-0.4, -0.2) is 9.78 Å². The molecule has 0 aliphatic heterocycles. The van der Waals surface area contributed by atoms with Gasteiger partial charge in [0.15, 0.2) is 0 Å². The van der Waals surface area contributed by atoms with Gasteiger partial charge in [-0.05, 0) is 25.3 Å². The van der Waals surface area contributed by atoms with Crippen LogP contribution in [0.3, 0.4) is 0 Å². The standard InChI is InChI=1S/C13H16N2/c1-10-12-4-2-3-5-13(12)15(14-10)9-8-11-6-7-11/h2-5,11H,6-9H2,1H3. The fourth-order valence-electron chi connectivity index (χ4n) is 2.18. The Balaban J connectivity index is 1.94. The molecule has 0 spiro atoms. The first-order chi connectivity index (χ1) is 7.34. The second-order valence-electron chi connectivity index (χ2n) is 4.56. The van der Waals surface area contributed by atoms with Crippen LogP contribution in [-0.2, 0) is 6.54 Å². The van der Waals surface area contributed by atoms with Crippen LogP contribution in [0.5, 0.6) is 0 Å². The van der Waals surface area contributed by atoms with E-state index in [0.717, 1.165) is 18.2 Å². The molecule has 1 heterocycles. The molecule has 1 saturated carbocycles. The third-order valence-corrected chi connectivity index (χ3v) is 3.29. The number of benzene rings is 1. The SMILES string of the molecule is Cc1nn(CCC2CC2)c2ccccc12. The average molecular weight is 200 g/mol. The van der Waals surface area contributed by atoms with Gasteiger partial charge >= 0.3 is 0 Å². The molecule has 0 N–H and O–H groups in total. The minimum Gasteiger partial charge on any atom is -0.265 e. The average Bonchev–Trinajstić information content (AvgIpc) is 3.03. The fraction of sp³-hybridized carbons (Fsp3) is 0.462. The van der Waals surface area contributed by atoms with Gasteiger partial charge in [0.05, 0.1) is 11.2 Å². The molecule has 1 fully saturated rings. The molecule has 1 aromatic heterocycles. The van der Waals surface area contributed by atoms with Crippen molar-refractivity contribution in [1.29, 1.82) is 0 Å². The minimum atomic E-state index is 0.980. The summed E-state index contributed by atoms with van der Waals surface area (Å²) in [5, 5.41) is 5.91. The minimum absolute atomic E-state index is 0.980. The second kappa shape index (κ2) is 3.37. The molecule has 3 rings (SSSR count). The van der Waals surface area contributed by atoms with Gasteiger partial charge < -0.3 is 0 Å². The monoisotopic (exact) mass is 200 g/mol. The summed E-state index contributed by atoms with van der Waals surface area (Å²) in [7, 11) is 0. The zero-order valence-corrected chi connectivity index (χ0v) is 9.11. The van der Waals surface area contributed by atoms with Gasteiger partial charge in [0.25, 0.3) is 0 Å². The molecule has 1 aromatic carbocycles. The van der Waals surface area contributed by atoms with E-state index < -0.39 is 0 Å². The molecule has 0 amide bonds. The Bertz CT molecular complexity index is 480. The fourth-order valence-corrected chi connectivity index (χ4v) is 2.18. The normalized spacial score (nSPS) is 16.1. The number of aromatic nitrogens is 2. The van der Waals surface area contributed by atoms with Crippen molar-refractivity contribution in [2.45, 2.75) is 32.7 Å². The number of rotatable bonds is 3. The molecule has 0 bridgehead atoms. The highest BCUT2D eigenvalue weighted by atomic mass is 15.3. The predicted octanol–water partition coefficient (Wildman–Crippen LogP) is 3.14. The van der Waals surface area contributed by atoms with E-state index in [2.05, 4.69) is 41.0 Å². The van der Waals surface area contributed by atoms with Crippen molar-refractivity contribution < 1.29 is 0 Å². The first-order valence-corrected chi connectivity index (χ1v) is 5.77. The largest absolute Gasteiger partial charge is 0.265 e. The number of hydrogen-bond acceptors (Lipinski definition) is 1. The van der Waals surface area contributed by atoms with E-state index >= 15 is 0 Å². The summed E-state index contributed by atoms with van der Waals surface area (Å²) in [4.78, 5) is 0. The van der Waals surface area contributed by atoms with E-state index in [1.807, 2.05) is 0 Å². The van der Waals surface area contributed by atoms with Gasteiger partial charge in [-0.2, -0.15) is 5.10 Å². The maximum atomic E-state index is 4.61. The molecule has 2 heteroatoms. The van der Waals surface area contributed by atoms with E-state index in [0.29, 0.717) is 0 Å². The first-order valence-electron chi connectivity index (χ1n) is 5.77. The summed E-state index contributed by atoms with van der Waals surface area (Å²) in [6.45, 7) is 3.18. The van der Waals surface area contributed by atoms with Crippen molar-refractivity contribution >= 4 is 10.9 Å². The highest BCUT2D eigenvalue weighted by Crippen LogP contribution is 2.33. The first kappa shape index (κ1) is 8.96. The lowest BCUT2D eigenvalue weighted by Crippen LogP contribution is -2.00. The van der Waals surface area contributed by atoms with Crippen molar-refractivity contribution in [3.63, 3.8) is 0 Å². The topological polar surface area (TPSA) is 17.8 Å². The van der Waals surface area contributed by atoms with E-state index in [1.165, 1.54) is 30.2 Å². The van der Waals surface area contributed by atoms with E-state index in [-0.39, 0.29) is 0 Å². The van der Waals surface area contributed by atoms with Crippen LogP contribution >= 0.6 is 0 Å². The Morgan fingerprint density at radius 2 is 2.13 bits per heavy atom. The quantitative estimate of drug-likeness (QED) is 0.744. The van der Waals surface area contributed by atoms with Crippen molar-refractivity contribution in [2.24, 2.45) is 5.92 Å². The Labute approximate surface area is 89.9 Å². The van der Waals surface area contributed by atoms with Crippen LogP contribution in [0.25, 0.3) is 10.9 Å². The lowest BCUT2D eigenvalue weighted by Gasteiger charge is -2.01. The van der Waals surface area contributed by atoms with Crippen molar-refractivity contribution in [3.05, 3.63) is 30.0 Å². The molecule has 1 aliphatic rings. The summed E-state index contributed by atoms with van der Waals surface area (Å²) in [5.74, 6) is 0.980. The molecule has 0 radical (unpaired) electrons. The van der Waals surface area contributed by atoms with Gasteiger partial charge in [0.2, 0.25) is 0 Å². The molecule has 0 unspecified atom stereocenters. The van der Waals surface area contributed by atoms with Gasteiger partial charge in [-0.15, -0.1) is 0 Å². The maximum Gasteiger partial charge on any atom is 0.0685 e. The van der Waals surface area contributed by atoms with E-state index in [4.69, 9.17) is 0 Å². The number of hydrogen-bond donors (Lipinski definition) is 0. The Kier molecular flexibility index (Phi) is 2.01. The van der Waals surface area contributed by atoms with Crippen LogP contribution in [0, 0.1) is 12.8 Å². The molecular formula is C13H16N2.